The Balaban J connectivity index is 1.41. The highest BCUT2D eigenvalue weighted by Crippen LogP contribution is 2.42. The minimum absolute atomic E-state index is 0.0961. The van der Waals surface area contributed by atoms with E-state index < -0.39 is 17.3 Å². The van der Waals surface area contributed by atoms with E-state index in [1.807, 2.05) is 34.1 Å². The number of rotatable bonds is 3. The van der Waals surface area contributed by atoms with Gasteiger partial charge in [0.2, 0.25) is 5.91 Å². The number of fused-ring (bicyclic) bond motifs is 1. The van der Waals surface area contributed by atoms with Gasteiger partial charge in [-0.3, -0.25) is 9.78 Å². The van der Waals surface area contributed by atoms with Crippen LogP contribution in [0.5, 0.6) is 0 Å². The zero-order chi connectivity index (χ0) is 23.8. The Morgan fingerprint density at radius 3 is 2.38 bits per heavy atom. The fraction of sp³-hybridized carbons (Fsp3) is 0.360. The third kappa shape index (κ3) is 4.34. The molecule has 0 atom stereocenters. The van der Waals surface area contributed by atoms with Crippen molar-refractivity contribution in [2.24, 2.45) is 5.41 Å². The molecule has 9 heteroatoms. The lowest BCUT2D eigenvalue weighted by Gasteiger charge is -2.42. The smallest absolute Gasteiger partial charge is 0.356 e. The molecule has 0 bridgehead atoms. The van der Waals surface area contributed by atoms with Crippen LogP contribution in [0, 0.1) is 5.41 Å². The molecular weight excluding hydrogens is 443 g/mol. The lowest BCUT2D eigenvalue weighted by atomic mass is 9.73. The quantitative estimate of drug-likeness (QED) is 0.576. The monoisotopic (exact) mass is 467 g/mol. The molecule has 2 aliphatic rings. The number of nitrogens with zero attached hydrogens (tertiary/aromatic N) is 5. The van der Waals surface area contributed by atoms with Crippen molar-refractivity contribution in [2.45, 2.75) is 38.5 Å². The van der Waals surface area contributed by atoms with E-state index in [2.05, 4.69) is 27.1 Å². The Morgan fingerprint density at radius 2 is 1.68 bits per heavy atom. The Labute approximate surface area is 195 Å². The third-order valence-electron chi connectivity index (χ3n) is 6.86. The van der Waals surface area contributed by atoms with Crippen molar-refractivity contribution in [3.63, 3.8) is 0 Å². The van der Waals surface area contributed by atoms with E-state index in [0.717, 1.165) is 29.1 Å². The molecule has 6 nitrogen and oxygen atoms in total. The summed E-state index contributed by atoms with van der Waals surface area (Å²) in [6.07, 6.45) is 1.57. The van der Waals surface area contributed by atoms with Crippen LogP contribution in [0.15, 0.2) is 61.2 Å². The topological polar surface area (TPSA) is 62.2 Å². The average molecular weight is 467 g/mol. The molecule has 1 fully saturated rings. The SMILES string of the molecule is O=C1N(Cc2ccncc2)Cc2ccccc2CC12CCN(c1cc(C(F)(F)F)ncn1)CC2. The molecule has 2 aromatic heterocycles. The lowest BCUT2D eigenvalue weighted by molar-refractivity contribution is -0.144. The molecule has 1 spiro atoms. The Morgan fingerprint density at radius 1 is 0.971 bits per heavy atom. The number of pyridine rings is 1. The van der Waals surface area contributed by atoms with Gasteiger partial charge in [-0.25, -0.2) is 9.97 Å². The summed E-state index contributed by atoms with van der Waals surface area (Å²) in [5, 5.41) is 0. The molecule has 1 aromatic carbocycles. The summed E-state index contributed by atoms with van der Waals surface area (Å²) in [5.41, 5.74) is 1.74. The van der Waals surface area contributed by atoms with E-state index in [-0.39, 0.29) is 11.7 Å². The molecule has 3 aromatic rings. The number of carbonyl (C=O) groups excluding carboxylic acids is 1. The molecule has 0 aliphatic carbocycles. The molecule has 0 radical (unpaired) electrons. The number of piperidine rings is 1. The van der Waals surface area contributed by atoms with Crippen molar-refractivity contribution in [1.29, 1.82) is 0 Å². The van der Waals surface area contributed by atoms with Crippen molar-refractivity contribution in [1.82, 2.24) is 19.9 Å². The highest BCUT2D eigenvalue weighted by atomic mass is 19.4. The minimum atomic E-state index is -4.52. The van der Waals surface area contributed by atoms with E-state index in [9.17, 15) is 18.0 Å². The zero-order valence-electron chi connectivity index (χ0n) is 18.5. The second-order valence-corrected chi connectivity index (χ2v) is 8.99. The zero-order valence-corrected chi connectivity index (χ0v) is 18.5. The molecule has 176 valence electrons. The molecule has 0 N–H and O–H groups in total. The summed E-state index contributed by atoms with van der Waals surface area (Å²) in [4.78, 5) is 29.2. The highest BCUT2D eigenvalue weighted by Gasteiger charge is 2.46. The Bertz CT molecular complexity index is 1180. The standard InChI is InChI=1S/C25H24F3N5O/c26-25(27,28)21-13-22(31-17-30-21)32-11-7-24(8-12-32)14-19-3-1-2-4-20(19)16-33(23(24)34)15-18-5-9-29-10-6-18/h1-6,9-10,13,17H,7-8,11-12,14-16H2. The van der Waals surface area contributed by atoms with Crippen LogP contribution in [0.3, 0.4) is 0 Å². The number of amides is 1. The van der Waals surface area contributed by atoms with E-state index in [0.29, 0.717) is 45.4 Å². The first-order valence-corrected chi connectivity index (χ1v) is 11.2. The number of aromatic nitrogens is 3. The van der Waals surface area contributed by atoms with Crippen LogP contribution in [0.1, 0.15) is 35.2 Å². The predicted octanol–water partition coefficient (Wildman–Crippen LogP) is 4.26. The largest absolute Gasteiger partial charge is 0.433 e. The molecule has 1 saturated heterocycles. The molecule has 5 rings (SSSR count). The van der Waals surface area contributed by atoms with E-state index in [1.54, 1.807) is 12.4 Å². The van der Waals surface area contributed by atoms with Gasteiger partial charge >= 0.3 is 6.18 Å². The van der Waals surface area contributed by atoms with Crippen LogP contribution in [0.4, 0.5) is 19.0 Å². The van der Waals surface area contributed by atoms with Gasteiger partial charge in [-0.1, -0.05) is 24.3 Å². The van der Waals surface area contributed by atoms with Gasteiger partial charge in [0.1, 0.15) is 17.8 Å². The predicted molar refractivity (Wildman–Crippen MR) is 120 cm³/mol. The minimum Gasteiger partial charge on any atom is -0.356 e. The number of halogens is 3. The molecule has 4 heterocycles. The third-order valence-corrected chi connectivity index (χ3v) is 6.86. The number of alkyl halides is 3. The van der Waals surface area contributed by atoms with Crippen LogP contribution in [-0.4, -0.2) is 38.8 Å². The second-order valence-electron chi connectivity index (χ2n) is 8.99. The van der Waals surface area contributed by atoms with Crippen LogP contribution in [0.25, 0.3) is 0 Å². The number of hydrogen-bond donors (Lipinski definition) is 0. The molecule has 0 unspecified atom stereocenters. The van der Waals surface area contributed by atoms with Crippen LogP contribution >= 0.6 is 0 Å². The lowest BCUT2D eigenvalue weighted by Crippen LogP contribution is -2.50. The normalized spacial score (nSPS) is 18.0. The Kier molecular flexibility index (Phi) is 5.71. The van der Waals surface area contributed by atoms with Crippen molar-refractivity contribution < 1.29 is 18.0 Å². The molecule has 1 amide bonds. The van der Waals surface area contributed by atoms with E-state index in [1.165, 1.54) is 0 Å². The number of anilines is 1. The van der Waals surface area contributed by atoms with Crippen LogP contribution in [-0.2, 0) is 30.5 Å². The molecule has 0 saturated carbocycles. The van der Waals surface area contributed by atoms with Crippen molar-refractivity contribution in [3.8, 4) is 0 Å². The van der Waals surface area contributed by atoms with Gasteiger partial charge in [-0.05, 0) is 48.1 Å². The maximum absolute atomic E-state index is 13.9. The average Bonchev–Trinajstić information content (AvgIpc) is 2.95. The molecule has 2 aliphatic heterocycles. The number of carbonyl (C=O) groups is 1. The number of hydrogen-bond acceptors (Lipinski definition) is 5. The summed E-state index contributed by atoms with van der Waals surface area (Å²) in [6.45, 7) is 1.92. The Hall–Kier alpha value is -3.49. The molecular formula is C25H24F3N5O. The second kappa shape index (κ2) is 8.70. The summed E-state index contributed by atoms with van der Waals surface area (Å²) in [6, 6.07) is 12.9. The fourth-order valence-electron chi connectivity index (χ4n) is 5.00. The van der Waals surface area contributed by atoms with Crippen LogP contribution < -0.4 is 4.90 Å². The van der Waals surface area contributed by atoms with E-state index >= 15 is 0 Å². The first-order valence-electron chi connectivity index (χ1n) is 11.2. The summed E-state index contributed by atoms with van der Waals surface area (Å²) in [7, 11) is 0. The number of benzene rings is 1. The first kappa shape index (κ1) is 22.3. The fourth-order valence-corrected chi connectivity index (χ4v) is 5.00. The summed E-state index contributed by atoms with van der Waals surface area (Å²) < 4.78 is 39.4. The summed E-state index contributed by atoms with van der Waals surface area (Å²) >= 11 is 0. The first-order chi connectivity index (χ1) is 16.3. The summed E-state index contributed by atoms with van der Waals surface area (Å²) in [5.74, 6) is 0.339. The van der Waals surface area contributed by atoms with Gasteiger partial charge in [0.15, 0.2) is 0 Å². The maximum atomic E-state index is 13.9. The van der Waals surface area contributed by atoms with Crippen LogP contribution in [0.2, 0.25) is 0 Å². The molecule has 34 heavy (non-hydrogen) atoms. The van der Waals surface area contributed by atoms with Gasteiger partial charge < -0.3 is 9.80 Å². The van der Waals surface area contributed by atoms with Crippen molar-refractivity contribution in [3.05, 3.63) is 83.6 Å². The van der Waals surface area contributed by atoms with E-state index in [4.69, 9.17) is 0 Å². The van der Waals surface area contributed by atoms with Gasteiger partial charge in [-0.15, -0.1) is 0 Å². The van der Waals surface area contributed by atoms with Gasteiger partial charge in [0, 0.05) is 44.6 Å². The van der Waals surface area contributed by atoms with Crippen molar-refractivity contribution in [2.75, 3.05) is 18.0 Å². The van der Waals surface area contributed by atoms with Gasteiger partial charge in [0.25, 0.3) is 0 Å². The van der Waals surface area contributed by atoms with Crippen molar-refractivity contribution >= 4 is 11.7 Å². The maximum Gasteiger partial charge on any atom is 0.433 e. The van der Waals surface area contributed by atoms with Gasteiger partial charge in [-0.2, -0.15) is 13.2 Å². The highest BCUT2D eigenvalue weighted by molar-refractivity contribution is 5.84. The van der Waals surface area contributed by atoms with Gasteiger partial charge in [0.05, 0.1) is 5.41 Å².